The van der Waals surface area contributed by atoms with Crippen molar-refractivity contribution in [1.29, 1.82) is 5.41 Å². The molecule has 0 saturated carbocycles. The number of guanidine groups is 1. The van der Waals surface area contributed by atoms with Crippen LogP contribution in [0.15, 0.2) is 48.5 Å². The molecule has 33 heteroatoms. The number of primary amides is 2. The summed E-state index contributed by atoms with van der Waals surface area (Å²) in [4.78, 5) is 173. The third-order valence-corrected chi connectivity index (χ3v) is 13.9. The number of aliphatic hydroxyl groups is 1. The van der Waals surface area contributed by atoms with Crippen molar-refractivity contribution in [2.45, 2.75) is 146 Å². The zero-order valence-corrected chi connectivity index (χ0v) is 50.3. The summed E-state index contributed by atoms with van der Waals surface area (Å²) in [5, 5.41) is 64.0. The number of carbonyl (C=O) groups excluding carboxylic acids is 13. The summed E-state index contributed by atoms with van der Waals surface area (Å²) < 4.78 is 0. The lowest BCUT2D eigenvalue weighted by Crippen LogP contribution is -2.60. The van der Waals surface area contributed by atoms with Crippen LogP contribution in [0.5, 0.6) is 11.5 Å². The molecule has 2 aromatic carbocycles. The fourth-order valence-corrected chi connectivity index (χ4v) is 9.16. The first-order valence-corrected chi connectivity index (χ1v) is 28.8. The standard InChI is InChI=1S/C55H82N16O16S/c1-27(2)20-37(64-30(5)73)50(83)68-38(22-32-12-16-34(75)17-13-32)51(84)66-35(8-6-18-60-55(58)59)48(81)62-28(3)46(79)67-39(23-43(56)76)49(82)63-29(4)47(80)70-41(26-88)52(85)69-40(25-72)54(87)71-19-7-9-42(71)53(86)61-24-44(77)65-36(45(57)78)21-31-10-14-33(74)15-11-31/h10-17,27-29,35-42,72,74-75,88H,6-9,18-26H2,1-5H3,(H2,56,76)(H2,57,78)(H,61,86)(H,62,81)(H,63,82)(H,64,73)(H,65,77)(H,66,84)(H,67,79)(H,68,83)(H,69,85)(H,70,80)(H4,58,59,60)/t28-,29-,35-,36-,37-,38-,39-,40-,41-,42-/m0/s1. The normalized spacial score (nSPS) is 15.7. The molecule has 13 amide bonds. The van der Waals surface area contributed by atoms with E-state index in [1.165, 1.54) is 69.3 Å². The van der Waals surface area contributed by atoms with E-state index in [-0.39, 0.29) is 75.0 Å². The van der Waals surface area contributed by atoms with Gasteiger partial charge in [-0.1, -0.05) is 38.1 Å². The third-order valence-electron chi connectivity index (χ3n) is 13.5. The summed E-state index contributed by atoms with van der Waals surface area (Å²) in [6.45, 7) is 5.75. The van der Waals surface area contributed by atoms with Crippen LogP contribution < -0.4 is 75.7 Å². The van der Waals surface area contributed by atoms with Crippen LogP contribution in [0, 0.1) is 11.3 Å². The minimum Gasteiger partial charge on any atom is -0.508 e. The number of rotatable bonds is 35. The van der Waals surface area contributed by atoms with E-state index in [4.69, 9.17) is 22.6 Å². The highest BCUT2D eigenvalue weighted by molar-refractivity contribution is 7.80. The number of carbonyl (C=O) groups is 13. The maximum absolute atomic E-state index is 14.1. The maximum Gasteiger partial charge on any atom is 0.248 e. The lowest BCUT2D eigenvalue weighted by atomic mass is 10.0. The van der Waals surface area contributed by atoms with E-state index in [9.17, 15) is 77.6 Å². The first kappa shape index (κ1) is 73.0. The molecular weight excluding hydrogens is 1170 g/mol. The van der Waals surface area contributed by atoms with E-state index in [0.29, 0.717) is 17.5 Å². The van der Waals surface area contributed by atoms with Gasteiger partial charge in [0.05, 0.1) is 19.6 Å². The van der Waals surface area contributed by atoms with Crippen LogP contribution in [-0.2, 0) is 75.2 Å². The molecule has 1 fully saturated rings. The van der Waals surface area contributed by atoms with Gasteiger partial charge in [0.15, 0.2) is 5.96 Å². The maximum atomic E-state index is 14.1. The number of hydrogen-bond donors (Lipinski definition) is 19. The Morgan fingerprint density at radius 1 is 0.602 bits per heavy atom. The Bertz CT molecular complexity index is 2830. The highest BCUT2D eigenvalue weighted by atomic mass is 32.1. The smallest absolute Gasteiger partial charge is 0.248 e. The Hall–Kier alpha value is -9.27. The first-order valence-electron chi connectivity index (χ1n) is 28.1. The van der Waals surface area contributed by atoms with Gasteiger partial charge in [-0.2, -0.15) is 12.6 Å². The van der Waals surface area contributed by atoms with Crippen molar-refractivity contribution >= 4 is 95.4 Å². The van der Waals surface area contributed by atoms with E-state index in [1.54, 1.807) is 0 Å². The molecule has 484 valence electrons. The number of amides is 13. The summed E-state index contributed by atoms with van der Waals surface area (Å²) in [7, 11) is 0. The molecule has 2 aromatic rings. The van der Waals surface area contributed by atoms with Crippen LogP contribution in [0.3, 0.4) is 0 Å². The van der Waals surface area contributed by atoms with Crippen LogP contribution in [0.4, 0.5) is 0 Å². The van der Waals surface area contributed by atoms with E-state index in [2.05, 4.69) is 71.1 Å². The highest BCUT2D eigenvalue weighted by Crippen LogP contribution is 2.19. The van der Waals surface area contributed by atoms with Gasteiger partial charge in [0.2, 0.25) is 76.8 Å². The van der Waals surface area contributed by atoms with Crippen LogP contribution >= 0.6 is 12.6 Å². The fraction of sp³-hybridized carbons (Fsp3) is 0.527. The fourth-order valence-electron chi connectivity index (χ4n) is 8.91. The zero-order valence-electron chi connectivity index (χ0n) is 49.4. The number of aliphatic hydroxyl groups excluding tert-OH is 1. The summed E-state index contributed by atoms with van der Waals surface area (Å²) in [6, 6.07) is -2.54. The Morgan fingerprint density at radius 3 is 1.58 bits per heavy atom. The summed E-state index contributed by atoms with van der Waals surface area (Å²) in [5.74, 6) is -12.5. The van der Waals surface area contributed by atoms with E-state index >= 15 is 0 Å². The molecule has 0 aliphatic carbocycles. The Kier molecular flexibility index (Phi) is 29.9. The number of phenolic OH excluding ortho intramolecular Hbond substituents is 2. The molecule has 0 bridgehead atoms. The first-order chi connectivity index (χ1) is 41.4. The number of nitrogens with two attached hydrogens (primary N) is 3. The van der Waals surface area contributed by atoms with Crippen molar-refractivity contribution in [2.75, 3.05) is 32.0 Å². The van der Waals surface area contributed by atoms with E-state index in [1.807, 2.05) is 13.8 Å². The monoisotopic (exact) mass is 1250 g/mol. The third kappa shape index (κ3) is 25.0. The molecule has 1 aliphatic rings. The van der Waals surface area contributed by atoms with Crippen LogP contribution in [-0.4, -0.2) is 195 Å². The van der Waals surface area contributed by atoms with Crippen molar-refractivity contribution in [2.24, 2.45) is 23.1 Å². The SMILES string of the molecule is CC(=O)N[C@@H](CC(C)C)C(=O)N[C@@H](Cc1ccc(O)cc1)C(=O)N[C@@H](CCCNC(=N)N)C(=O)N[C@@H](C)C(=O)N[C@@H](CC(N)=O)C(=O)N[C@@H](C)C(=O)N[C@@H](CS)C(=O)N[C@@H](CO)C(=O)N1CCC[C@H]1C(=O)NCC(=O)N[C@@H](Cc1ccc(O)cc1)C(N)=O. The average molecular weight is 1260 g/mol. The average Bonchev–Trinajstić information content (AvgIpc) is 2.21. The van der Waals surface area contributed by atoms with E-state index in [0.717, 1.165) is 4.90 Å². The number of likely N-dealkylation sites (tertiary alicyclic amines) is 1. The van der Waals surface area contributed by atoms with Crippen LogP contribution in [0.25, 0.3) is 0 Å². The predicted octanol–water partition coefficient (Wildman–Crippen LogP) is -5.99. The van der Waals surface area contributed by atoms with Crippen molar-refractivity contribution in [3.05, 3.63) is 59.7 Å². The molecule has 3 rings (SSSR count). The molecule has 0 spiro atoms. The predicted molar refractivity (Wildman–Crippen MR) is 318 cm³/mol. The lowest BCUT2D eigenvalue weighted by molar-refractivity contribution is -0.143. The number of phenols is 2. The molecule has 88 heavy (non-hydrogen) atoms. The number of nitrogens with one attached hydrogen (secondary N) is 12. The minimum atomic E-state index is -1.76. The Labute approximate surface area is 512 Å². The second-order valence-electron chi connectivity index (χ2n) is 21.3. The summed E-state index contributed by atoms with van der Waals surface area (Å²) in [6.07, 6.45) is -0.341. The van der Waals surface area contributed by atoms with Crippen molar-refractivity contribution in [3.8, 4) is 11.5 Å². The molecule has 10 atom stereocenters. The van der Waals surface area contributed by atoms with Crippen molar-refractivity contribution in [3.63, 3.8) is 0 Å². The van der Waals surface area contributed by atoms with Gasteiger partial charge in [-0.3, -0.25) is 67.7 Å². The second kappa shape index (κ2) is 36.0. The van der Waals surface area contributed by atoms with Crippen molar-refractivity contribution < 1.29 is 77.6 Å². The van der Waals surface area contributed by atoms with Gasteiger partial charge in [0.25, 0.3) is 0 Å². The molecule has 0 radical (unpaired) electrons. The van der Waals surface area contributed by atoms with Gasteiger partial charge >= 0.3 is 0 Å². The molecule has 0 aromatic heterocycles. The molecule has 0 unspecified atom stereocenters. The quantitative estimate of drug-likeness (QED) is 0.0132. The lowest BCUT2D eigenvalue weighted by Gasteiger charge is -2.29. The molecule has 1 heterocycles. The van der Waals surface area contributed by atoms with Crippen molar-refractivity contribution in [1.82, 2.24) is 63.4 Å². The summed E-state index contributed by atoms with van der Waals surface area (Å²) in [5.41, 5.74) is 17.4. The number of nitrogens with zero attached hydrogens (tertiary/aromatic N) is 1. The summed E-state index contributed by atoms with van der Waals surface area (Å²) >= 11 is 4.13. The molecule has 21 N–H and O–H groups in total. The molecule has 32 nitrogen and oxygen atoms in total. The van der Waals surface area contributed by atoms with Gasteiger partial charge in [0, 0.05) is 38.6 Å². The number of benzene rings is 2. The zero-order chi connectivity index (χ0) is 65.9. The number of hydrogen-bond acceptors (Lipinski definition) is 18. The van der Waals surface area contributed by atoms with Gasteiger partial charge < -0.3 is 95.9 Å². The Morgan fingerprint density at radius 2 is 1.08 bits per heavy atom. The Balaban J connectivity index is 1.67. The highest BCUT2D eigenvalue weighted by Gasteiger charge is 2.39. The number of aromatic hydroxyl groups is 2. The second-order valence-corrected chi connectivity index (χ2v) is 21.7. The topological polar surface area (TPSA) is 520 Å². The molecular formula is C55H82N16O16S. The molecule has 1 saturated heterocycles. The number of thiol groups is 1. The van der Waals surface area contributed by atoms with Gasteiger partial charge in [-0.25, -0.2) is 0 Å². The minimum absolute atomic E-state index is 0.0143. The van der Waals surface area contributed by atoms with Gasteiger partial charge in [0.1, 0.15) is 71.9 Å². The van der Waals surface area contributed by atoms with Gasteiger partial charge in [-0.15, -0.1) is 0 Å². The van der Waals surface area contributed by atoms with Crippen LogP contribution in [0.2, 0.25) is 0 Å². The van der Waals surface area contributed by atoms with Crippen LogP contribution in [0.1, 0.15) is 84.3 Å². The van der Waals surface area contributed by atoms with E-state index < -0.39 is 163 Å². The van der Waals surface area contributed by atoms with Gasteiger partial charge in [-0.05, 0) is 87.3 Å². The largest absolute Gasteiger partial charge is 0.508 e. The molecule has 1 aliphatic heterocycles.